The third kappa shape index (κ3) is 3.80. The minimum atomic E-state index is -0.714. The minimum Gasteiger partial charge on any atom is -0.378 e. The van der Waals surface area contributed by atoms with Crippen molar-refractivity contribution < 1.29 is 18.7 Å². The van der Waals surface area contributed by atoms with Gasteiger partial charge in [0.05, 0.1) is 18.7 Å². The summed E-state index contributed by atoms with van der Waals surface area (Å²) in [6.45, 7) is 1.98. The molecule has 3 heterocycles. The summed E-state index contributed by atoms with van der Waals surface area (Å²) in [4.78, 5) is 35.3. The smallest absolute Gasteiger partial charge is 0.269 e. The Bertz CT molecular complexity index is 1360. The second kappa shape index (κ2) is 8.40. The highest BCUT2D eigenvalue weighted by Crippen LogP contribution is 2.25. The number of hydrogen-bond acceptors (Lipinski definition) is 6. The molecular formula is C23H19FN6O3. The summed E-state index contributed by atoms with van der Waals surface area (Å²) in [5.74, 6) is -1.09. The molecule has 2 aromatic carbocycles. The molecule has 5 rings (SSSR count). The highest BCUT2D eigenvalue weighted by molar-refractivity contribution is 6.06. The number of morpholine rings is 1. The van der Waals surface area contributed by atoms with Crippen molar-refractivity contribution in [3.8, 4) is 17.1 Å². The topological polar surface area (TPSA) is 116 Å². The van der Waals surface area contributed by atoms with Gasteiger partial charge in [0.2, 0.25) is 0 Å². The summed E-state index contributed by atoms with van der Waals surface area (Å²) in [5, 5.41) is 4.76. The van der Waals surface area contributed by atoms with Crippen LogP contribution in [0.25, 0.3) is 28.0 Å². The number of carbonyl (C=O) groups is 2. The molecule has 1 fully saturated rings. The average Bonchev–Trinajstić information content (AvgIpc) is 3.24. The van der Waals surface area contributed by atoms with Crippen LogP contribution < -0.4 is 5.73 Å². The molecule has 1 saturated heterocycles. The molecule has 0 bridgehead atoms. The standard InChI is InChI=1S/C23H19FN6O3/c24-18-4-2-1-3-16(18)15-12-26-23(27-13-15)30-19-11-14(22(32)29-7-9-33-10-8-29)5-6-17(19)20(28-30)21(25)31/h1-6,11-13H,7-10H2,(H2,25,31). The van der Waals surface area contributed by atoms with Crippen LogP contribution in [0.2, 0.25) is 0 Å². The van der Waals surface area contributed by atoms with Gasteiger partial charge in [0.25, 0.3) is 17.8 Å². The fourth-order valence-electron chi connectivity index (χ4n) is 3.80. The van der Waals surface area contributed by atoms with Gasteiger partial charge < -0.3 is 15.4 Å². The monoisotopic (exact) mass is 446 g/mol. The number of nitrogens with two attached hydrogens (primary N) is 1. The molecule has 0 aliphatic carbocycles. The number of ether oxygens (including phenoxy) is 1. The second-order valence-electron chi connectivity index (χ2n) is 7.51. The highest BCUT2D eigenvalue weighted by atomic mass is 19.1. The van der Waals surface area contributed by atoms with Crippen LogP contribution in [0.15, 0.2) is 54.9 Å². The molecule has 166 valence electrons. The van der Waals surface area contributed by atoms with Crippen molar-refractivity contribution in [3.05, 3.63) is 71.9 Å². The van der Waals surface area contributed by atoms with Gasteiger partial charge in [-0.05, 0) is 24.3 Å². The summed E-state index contributed by atoms with van der Waals surface area (Å²) in [5.41, 5.74) is 7.31. The van der Waals surface area contributed by atoms with Crippen LogP contribution in [0.1, 0.15) is 20.8 Å². The first-order valence-electron chi connectivity index (χ1n) is 10.3. The van der Waals surface area contributed by atoms with Gasteiger partial charge in [-0.15, -0.1) is 0 Å². The van der Waals surface area contributed by atoms with Crippen molar-refractivity contribution in [2.45, 2.75) is 0 Å². The minimum absolute atomic E-state index is 0.0390. The Kier molecular flexibility index (Phi) is 5.27. The van der Waals surface area contributed by atoms with E-state index in [-0.39, 0.29) is 23.4 Å². The van der Waals surface area contributed by atoms with Crippen molar-refractivity contribution in [2.75, 3.05) is 26.3 Å². The first-order valence-corrected chi connectivity index (χ1v) is 10.3. The number of halogens is 1. The SMILES string of the molecule is NC(=O)c1nn(-c2ncc(-c3ccccc3F)cn2)c2cc(C(=O)N3CCOCC3)ccc12. The summed E-state index contributed by atoms with van der Waals surface area (Å²) < 4.78 is 20.8. The molecule has 0 radical (unpaired) electrons. The van der Waals surface area contributed by atoms with Gasteiger partial charge in [-0.3, -0.25) is 9.59 Å². The molecule has 0 atom stereocenters. The van der Waals surface area contributed by atoms with Crippen molar-refractivity contribution >= 4 is 22.7 Å². The summed E-state index contributed by atoms with van der Waals surface area (Å²) in [7, 11) is 0. The second-order valence-corrected chi connectivity index (χ2v) is 7.51. The zero-order chi connectivity index (χ0) is 22.9. The van der Waals surface area contributed by atoms with Crippen LogP contribution in [0.5, 0.6) is 0 Å². The number of fused-ring (bicyclic) bond motifs is 1. The largest absolute Gasteiger partial charge is 0.378 e. The predicted molar refractivity (Wildman–Crippen MR) is 117 cm³/mol. The highest BCUT2D eigenvalue weighted by Gasteiger charge is 2.22. The first-order chi connectivity index (χ1) is 16.0. The van der Waals surface area contributed by atoms with Crippen LogP contribution in [0.4, 0.5) is 4.39 Å². The average molecular weight is 446 g/mol. The van der Waals surface area contributed by atoms with Gasteiger partial charge in [0, 0.05) is 47.6 Å². The van der Waals surface area contributed by atoms with E-state index in [4.69, 9.17) is 10.5 Å². The zero-order valence-corrected chi connectivity index (χ0v) is 17.4. The van der Waals surface area contributed by atoms with E-state index in [0.29, 0.717) is 53.9 Å². The molecular weight excluding hydrogens is 427 g/mol. The lowest BCUT2D eigenvalue weighted by molar-refractivity contribution is 0.0303. The van der Waals surface area contributed by atoms with Crippen LogP contribution in [-0.2, 0) is 4.74 Å². The number of hydrogen-bond donors (Lipinski definition) is 1. The first kappa shape index (κ1) is 20.7. The van der Waals surface area contributed by atoms with E-state index in [1.807, 2.05) is 0 Å². The fraction of sp³-hybridized carbons (Fsp3) is 0.174. The Morgan fingerprint density at radius 2 is 1.76 bits per heavy atom. The van der Waals surface area contributed by atoms with Crippen molar-refractivity contribution in [2.24, 2.45) is 5.73 Å². The summed E-state index contributed by atoms with van der Waals surface area (Å²) in [6.07, 6.45) is 2.95. The molecule has 4 aromatic rings. The molecule has 33 heavy (non-hydrogen) atoms. The fourth-order valence-corrected chi connectivity index (χ4v) is 3.80. The Labute approximate surface area is 187 Å². The Morgan fingerprint density at radius 3 is 2.45 bits per heavy atom. The van der Waals surface area contributed by atoms with E-state index in [2.05, 4.69) is 15.1 Å². The lowest BCUT2D eigenvalue weighted by atomic mass is 10.1. The maximum absolute atomic E-state index is 14.1. The predicted octanol–water partition coefficient (Wildman–Crippen LogP) is 2.19. The molecule has 0 unspecified atom stereocenters. The third-order valence-electron chi connectivity index (χ3n) is 5.47. The number of carbonyl (C=O) groups excluding carboxylic acids is 2. The van der Waals surface area contributed by atoms with Crippen molar-refractivity contribution in [3.63, 3.8) is 0 Å². The number of amides is 2. The molecule has 9 nitrogen and oxygen atoms in total. The quantitative estimate of drug-likeness (QED) is 0.514. The maximum Gasteiger partial charge on any atom is 0.269 e. The van der Waals surface area contributed by atoms with E-state index in [1.165, 1.54) is 23.1 Å². The van der Waals surface area contributed by atoms with Crippen LogP contribution in [0, 0.1) is 5.82 Å². The molecule has 10 heteroatoms. The number of benzene rings is 2. The Morgan fingerprint density at radius 1 is 1.03 bits per heavy atom. The van der Waals surface area contributed by atoms with Crippen LogP contribution in [-0.4, -0.2) is 62.8 Å². The molecule has 2 amide bonds. The molecule has 2 aromatic heterocycles. The summed E-state index contributed by atoms with van der Waals surface area (Å²) >= 11 is 0. The number of primary amides is 1. The van der Waals surface area contributed by atoms with E-state index in [9.17, 15) is 14.0 Å². The Balaban J connectivity index is 1.57. The number of rotatable bonds is 4. The lowest BCUT2D eigenvalue weighted by Crippen LogP contribution is -2.40. The molecule has 0 saturated carbocycles. The van der Waals surface area contributed by atoms with Crippen molar-refractivity contribution in [1.29, 1.82) is 0 Å². The maximum atomic E-state index is 14.1. The van der Waals surface area contributed by atoms with Gasteiger partial charge in [-0.25, -0.2) is 14.4 Å². The third-order valence-corrected chi connectivity index (χ3v) is 5.47. The Hall–Kier alpha value is -4.18. The summed E-state index contributed by atoms with van der Waals surface area (Å²) in [6, 6.07) is 11.2. The van der Waals surface area contributed by atoms with Gasteiger partial charge in [0.1, 0.15) is 5.82 Å². The van der Waals surface area contributed by atoms with Gasteiger partial charge in [-0.1, -0.05) is 18.2 Å². The van der Waals surface area contributed by atoms with E-state index in [1.54, 1.807) is 41.3 Å². The number of nitrogens with zero attached hydrogens (tertiary/aromatic N) is 5. The van der Waals surface area contributed by atoms with E-state index in [0.717, 1.165) is 0 Å². The van der Waals surface area contributed by atoms with Gasteiger partial charge in [-0.2, -0.15) is 9.78 Å². The molecule has 0 spiro atoms. The van der Waals surface area contributed by atoms with Crippen LogP contribution >= 0.6 is 0 Å². The molecule has 1 aliphatic rings. The van der Waals surface area contributed by atoms with Crippen LogP contribution in [0.3, 0.4) is 0 Å². The van der Waals surface area contributed by atoms with E-state index < -0.39 is 5.91 Å². The number of aromatic nitrogens is 4. The van der Waals surface area contributed by atoms with Gasteiger partial charge >= 0.3 is 0 Å². The molecule has 2 N–H and O–H groups in total. The normalized spacial score (nSPS) is 13.9. The molecule has 1 aliphatic heterocycles. The van der Waals surface area contributed by atoms with Crippen molar-refractivity contribution in [1.82, 2.24) is 24.6 Å². The zero-order valence-electron chi connectivity index (χ0n) is 17.4. The van der Waals surface area contributed by atoms with Gasteiger partial charge in [0.15, 0.2) is 5.69 Å². The lowest BCUT2D eigenvalue weighted by Gasteiger charge is -2.26. The van der Waals surface area contributed by atoms with E-state index >= 15 is 0 Å².